The molecular weight excluding hydrogens is 502 g/mol. The van der Waals surface area contributed by atoms with Gasteiger partial charge in [-0.05, 0) is 57.2 Å². The van der Waals surface area contributed by atoms with Crippen LogP contribution in [0.5, 0.6) is 0 Å². The van der Waals surface area contributed by atoms with Gasteiger partial charge in [-0.2, -0.15) is 5.10 Å². The molecule has 0 unspecified atom stereocenters. The standard InChI is InChI=1S/C24H30ClN7O3S/c1-15-13-32-21(28-22(15)27-14-24(26)8-9-24)12-19(29-32)20-5-3-4-10-31(20)23(33)17-11-16(25)6-7-18(17)30-36(2,34)35/h6-7,11-13,20,30H,3-5,8-10,14,26H2,1-2H3,(H,27,28)/t20-/m0/s1. The number of rotatable bonds is 7. The summed E-state index contributed by atoms with van der Waals surface area (Å²) >= 11 is 6.18. The number of carbonyl (C=O) groups excluding carboxylic acids is 1. The van der Waals surface area contributed by atoms with Gasteiger partial charge in [0.25, 0.3) is 5.91 Å². The van der Waals surface area contributed by atoms with Crippen LogP contribution in [0, 0.1) is 6.92 Å². The highest BCUT2D eigenvalue weighted by Crippen LogP contribution is 2.35. The topological polar surface area (TPSA) is 135 Å². The molecule has 1 saturated carbocycles. The number of likely N-dealkylation sites (tertiary alicyclic amines) is 1. The summed E-state index contributed by atoms with van der Waals surface area (Å²) < 4.78 is 27.9. The molecule has 1 aliphatic heterocycles. The Kier molecular flexibility index (Phi) is 6.34. The lowest BCUT2D eigenvalue weighted by atomic mass is 9.98. The van der Waals surface area contributed by atoms with Crippen LogP contribution < -0.4 is 15.8 Å². The van der Waals surface area contributed by atoms with Crippen molar-refractivity contribution in [1.82, 2.24) is 19.5 Å². The summed E-state index contributed by atoms with van der Waals surface area (Å²) in [6.07, 6.45) is 7.53. The first-order valence-corrected chi connectivity index (χ1v) is 14.3. The molecule has 2 aliphatic rings. The Bertz CT molecular complexity index is 1430. The lowest BCUT2D eigenvalue weighted by molar-refractivity contribution is 0.0607. The fourth-order valence-corrected chi connectivity index (χ4v) is 5.34. The molecule has 36 heavy (non-hydrogen) atoms. The minimum Gasteiger partial charge on any atom is -0.368 e. The van der Waals surface area contributed by atoms with Gasteiger partial charge in [-0.3, -0.25) is 9.52 Å². The summed E-state index contributed by atoms with van der Waals surface area (Å²) in [5.41, 5.74) is 8.86. The number of carbonyl (C=O) groups is 1. The Hall–Kier alpha value is -2.89. The molecule has 1 saturated heterocycles. The van der Waals surface area contributed by atoms with Crippen molar-refractivity contribution < 1.29 is 13.2 Å². The molecule has 3 heterocycles. The quantitative estimate of drug-likeness (QED) is 0.425. The number of fused-ring (bicyclic) bond motifs is 1. The van der Waals surface area contributed by atoms with E-state index in [-0.39, 0.29) is 28.7 Å². The van der Waals surface area contributed by atoms with E-state index in [0.29, 0.717) is 23.8 Å². The second-order valence-electron chi connectivity index (χ2n) is 9.93. The third kappa shape index (κ3) is 5.28. The molecule has 3 aromatic rings. The molecule has 1 atom stereocenters. The maximum atomic E-state index is 13.7. The van der Waals surface area contributed by atoms with E-state index >= 15 is 0 Å². The summed E-state index contributed by atoms with van der Waals surface area (Å²) in [7, 11) is -3.58. The third-order valence-electron chi connectivity index (χ3n) is 6.76. The number of amides is 1. The number of nitrogens with one attached hydrogen (secondary N) is 2. The zero-order valence-electron chi connectivity index (χ0n) is 20.3. The Balaban J connectivity index is 1.45. The van der Waals surface area contributed by atoms with Gasteiger partial charge in [0, 0.05) is 41.5 Å². The lowest BCUT2D eigenvalue weighted by Gasteiger charge is -2.35. The predicted octanol–water partition coefficient (Wildman–Crippen LogP) is 3.33. The first kappa shape index (κ1) is 24.8. The third-order valence-corrected chi connectivity index (χ3v) is 7.59. The average Bonchev–Trinajstić information content (AvgIpc) is 3.42. The second-order valence-corrected chi connectivity index (χ2v) is 12.1. The maximum Gasteiger partial charge on any atom is 0.256 e. The van der Waals surface area contributed by atoms with Crippen molar-refractivity contribution in [2.75, 3.05) is 29.4 Å². The summed E-state index contributed by atoms with van der Waals surface area (Å²) in [5.74, 6) is 0.479. The van der Waals surface area contributed by atoms with Crippen LogP contribution in [-0.4, -0.2) is 58.7 Å². The van der Waals surface area contributed by atoms with Crippen LogP contribution in [0.25, 0.3) is 5.65 Å². The van der Waals surface area contributed by atoms with Crippen molar-refractivity contribution in [3.05, 3.63) is 52.3 Å². The Morgan fingerprint density at radius 3 is 2.78 bits per heavy atom. The number of aryl methyl sites for hydroxylation is 1. The van der Waals surface area contributed by atoms with E-state index in [2.05, 4.69) is 10.0 Å². The number of nitrogens with zero attached hydrogens (tertiary/aromatic N) is 4. The van der Waals surface area contributed by atoms with Crippen molar-refractivity contribution >= 4 is 44.7 Å². The Labute approximate surface area is 215 Å². The van der Waals surface area contributed by atoms with Crippen LogP contribution in [0.2, 0.25) is 5.02 Å². The van der Waals surface area contributed by atoms with E-state index in [9.17, 15) is 13.2 Å². The molecule has 0 spiro atoms. The number of nitrogens with two attached hydrogens (primary N) is 1. The summed E-state index contributed by atoms with van der Waals surface area (Å²) in [5, 5.41) is 8.47. The minimum atomic E-state index is -3.58. The first-order chi connectivity index (χ1) is 17.0. The van der Waals surface area contributed by atoms with Crippen LogP contribution in [0.15, 0.2) is 30.5 Å². The van der Waals surface area contributed by atoms with Gasteiger partial charge in [0.15, 0.2) is 5.65 Å². The van der Waals surface area contributed by atoms with Gasteiger partial charge in [-0.15, -0.1) is 0 Å². The number of piperidine rings is 1. The fraction of sp³-hybridized carbons (Fsp3) is 0.458. The summed E-state index contributed by atoms with van der Waals surface area (Å²) in [6, 6.07) is 6.20. The normalized spacial score (nSPS) is 19.3. The molecule has 1 aliphatic carbocycles. The largest absolute Gasteiger partial charge is 0.368 e. The Morgan fingerprint density at radius 2 is 2.06 bits per heavy atom. The number of hydrogen-bond donors (Lipinski definition) is 3. The summed E-state index contributed by atoms with van der Waals surface area (Å²) in [4.78, 5) is 20.2. The molecule has 0 radical (unpaired) electrons. The van der Waals surface area contributed by atoms with E-state index in [4.69, 9.17) is 27.4 Å². The summed E-state index contributed by atoms with van der Waals surface area (Å²) in [6.45, 7) is 3.17. The smallest absolute Gasteiger partial charge is 0.256 e. The molecular formula is C24H30ClN7O3S. The number of benzene rings is 1. The lowest BCUT2D eigenvalue weighted by Crippen LogP contribution is -2.39. The van der Waals surface area contributed by atoms with Gasteiger partial charge in [-0.25, -0.2) is 17.9 Å². The van der Waals surface area contributed by atoms with Crippen LogP contribution in [0.3, 0.4) is 0 Å². The predicted molar refractivity (Wildman–Crippen MR) is 140 cm³/mol. The van der Waals surface area contributed by atoms with Gasteiger partial charge in [0.2, 0.25) is 10.0 Å². The van der Waals surface area contributed by atoms with Crippen LogP contribution in [-0.2, 0) is 10.0 Å². The second kappa shape index (κ2) is 9.20. The highest BCUT2D eigenvalue weighted by molar-refractivity contribution is 7.92. The molecule has 2 fully saturated rings. The van der Waals surface area contributed by atoms with E-state index in [1.807, 2.05) is 19.2 Å². The van der Waals surface area contributed by atoms with Crippen molar-refractivity contribution in [2.24, 2.45) is 5.73 Å². The number of sulfonamides is 1. The minimum absolute atomic E-state index is 0.139. The number of hydrogen-bond acceptors (Lipinski definition) is 7. The molecule has 1 aromatic carbocycles. The van der Waals surface area contributed by atoms with Crippen molar-refractivity contribution in [3.8, 4) is 0 Å². The van der Waals surface area contributed by atoms with Crippen molar-refractivity contribution in [3.63, 3.8) is 0 Å². The van der Waals surface area contributed by atoms with Crippen molar-refractivity contribution in [1.29, 1.82) is 0 Å². The average molecular weight is 532 g/mol. The molecule has 0 bridgehead atoms. The highest BCUT2D eigenvalue weighted by Gasteiger charge is 2.38. The first-order valence-electron chi connectivity index (χ1n) is 12.0. The van der Waals surface area contributed by atoms with Crippen LogP contribution in [0.4, 0.5) is 11.5 Å². The van der Waals surface area contributed by atoms with Crippen LogP contribution >= 0.6 is 11.6 Å². The molecule has 10 nitrogen and oxygen atoms in total. The number of halogens is 1. The maximum absolute atomic E-state index is 13.7. The SMILES string of the molecule is Cc1cn2nc([C@@H]3CCCCN3C(=O)c3cc(Cl)ccc3NS(C)(=O)=O)cc2nc1NCC1(N)CC1. The van der Waals surface area contributed by atoms with E-state index in [1.165, 1.54) is 12.1 Å². The fourth-order valence-electron chi connectivity index (χ4n) is 4.59. The van der Waals surface area contributed by atoms with Crippen molar-refractivity contribution in [2.45, 2.75) is 50.6 Å². The zero-order valence-corrected chi connectivity index (χ0v) is 21.9. The van der Waals surface area contributed by atoms with Gasteiger partial charge in [-0.1, -0.05) is 11.6 Å². The molecule has 192 valence electrons. The number of aromatic nitrogens is 3. The monoisotopic (exact) mass is 531 g/mol. The highest BCUT2D eigenvalue weighted by atomic mass is 35.5. The van der Waals surface area contributed by atoms with E-state index in [1.54, 1.807) is 15.5 Å². The van der Waals surface area contributed by atoms with Gasteiger partial charge >= 0.3 is 0 Å². The molecule has 2 aromatic heterocycles. The molecule has 5 rings (SSSR count). The van der Waals surface area contributed by atoms with E-state index < -0.39 is 10.0 Å². The van der Waals surface area contributed by atoms with E-state index in [0.717, 1.165) is 55.4 Å². The number of anilines is 2. The molecule has 1 amide bonds. The molecule has 4 N–H and O–H groups in total. The zero-order chi connectivity index (χ0) is 25.7. The molecule has 12 heteroatoms. The van der Waals surface area contributed by atoms with Crippen LogP contribution in [0.1, 0.15) is 59.8 Å². The van der Waals surface area contributed by atoms with Gasteiger partial charge in [0.1, 0.15) is 5.82 Å². The van der Waals surface area contributed by atoms with Gasteiger partial charge in [0.05, 0.1) is 29.2 Å². The van der Waals surface area contributed by atoms with Gasteiger partial charge < -0.3 is 16.0 Å². The Morgan fingerprint density at radius 1 is 1.28 bits per heavy atom.